The second-order valence-electron chi connectivity index (χ2n) is 5.08. The van der Waals surface area contributed by atoms with Crippen molar-refractivity contribution >= 4 is 16.7 Å². The number of benzene rings is 2. The highest BCUT2D eigenvalue weighted by molar-refractivity contribution is 5.90. The van der Waals surface area contributed by atoms with Crippen molar-refractivity contribution in [2.75, 3.05) is 0 Å². The summed E-state index contributed by atoms with van der Waals surface area (Å²) in [6, 6.07) is 16.5. The summed E-state index contributed by atoms with van der Waals surface area (Å²) < 4.78 is 0. The van der Waals surface area contributed by atoms with Crippen molar-refractivity contribution in [1.82, 2.24) is 10.3 Å². The third-order valence-electron chi connectivity index (χ3n) is 3.64. The fraction of sp³-hybridized carbons (Fsp3) is 0.111. The second-order valence-corrected chi connectivity index (χ2v) is 5.08. The lowest BCUT2D eigenvalue weighted by Gasteiger charge is -2.17. The normalized spacial score (nSPS) is 12.2. The van der Waals surface area contributed by atoms with Crippen molar-refractivity contribution in [1.29, 1.82) is 0 Å². The molecule has 0 spiro atoms. The van der Waals surface area contributed by atoms with Crippen LogP contribution in [-0.2, 0) is 11.3 Å². The average molecular weight is 292 g/mol. The molecule has 0 amide bonds. The average Bonchev–Trinajstić information content (AvgIpc) is 2.56. The van der Waals surface area contributed by atoms with Crippen molar-refractivity contribution in [3.8, 4) is 0 Å². The molecule has 0 aliphatic carbocycles. The number of pyridine rings is 1. The van der Waals surface area contributed by atoms with E-state index >= 15 is 0 Å². The Hall–Kier alpha value is -2.72. The molecular weight excluding hydrogens is 276 g/mol. The maximum absolute atomic E-state index is 11.7. The van der Waals surface area contributed by atoms with Gasteiger partial charge in [-0.3, -0.25) is 15.1 Å². The number of aromatic nitrogens is 1. The van der Waals surface area contributed by atoms with Crippen LogP contribution in [0, 0.1) is 0 Å². The molecule has 1 unspecified atom stereocenters. The fourth-order valence-electron chi connectivity index (χ4n) is 2.55. The van der Waals surface area contributed by atoms with Crippen molar-refractivity contribution in [3.63, 3.8) is 0 Å². The Balaban J connectivity index is 1.92. The van der Waals surface area contributed by atoms with E-state index in [2.05, 4.69) is 10.3 Å². The van der Waals surface area contributed by atoms with Crippen LogP contribution < -0.4 is 5.32 Å². The summed E-state index contributed by atoms with van der Waals surface area (Å²) in [5.74, 6) is -0.884. The van der Waals surface area contributed by atoms with Crippen molar-refractivity contribution in [3.05, 3.63) is 78.1 Å². The molecule has 2 N–H and O–H groups in total. The van der Waals surface area contributed by atoms with Crippen LogP contribution in [0.2, 0.25) is 0 Å². The maximum atomic E-state index is 11.7. The minimum atomic E-state index is -0.884. The molecule has 4 heteroatoms. The molecule has 0 fully saturated rings. The van der Waals surface area contributed by atoms with Gasteiger partial charge in [0.1, 0.15) is 6.04 Å². The number of fused-ring (bicyclic) bond motifs is 1. The van der Waals surface area contributed by atoms with Crippen molar-refractivity contribution in [2.45, 2.75) is 12.6 Å². The van der Waals surface area contributed by atoms with Gasteiger partial charge >= 0.3 is 5.97 Å². The number of rotatable bonds is 5. The predicted molar refractivity (Wildman–Crippen MR) is 85.4 cm³/mol. The van der Waals surface area contributed by atoms with E-state index in [1.165, 1.54) is 0 Å². The molecule has 1 aromatic heterocycles. The number of aliphatic carboxylic acids is 1. The van der Waals surface area contributed by atoms with E-state index in [-0.39, 0.29) is 0 Å². The molecule has 0 bridgehead atoms. The number of carboxylic acids is 1. The van der Waals surface area contributed by atoms with Crippen molar-refractivity contribution < 1.29 is 9.90 Å². The Kier molecular flexibility index (Phi) is 4.12. The quantitative estimate of drug-likeness (QED) is 0.758. The molecule has 22 heavy (non-hydrogen) atoms. The van der Waals surface area contributed by atoms with Crippen LogP contribution in [0.15, 0.2) is 67.0 Å². The Morgan fingerprint density at radius 1 is 1.05 bits per heavy atom. The minimum absolute atomic E-state index is 0.475. The standard InChI is InChI=1S/C18H16N2O2/c21-18(22)17(20-12-13-8-10-19-11-9-13)16-7-3-5-14-4-1-2-6-15(14)16/h1-11,17,20H,12H2,(H,21,22). The SMILES string of the molecule is O=C(O)C(NCc1ccncc1)c1cccc2ccccc12. The smallest absolute Gasteiger partial charge is 0.325 e. The van der Waals surface area contributed by atoms with E-state index in [1.54, 1.807) is 12.4 Å². The van der Waals surface area contributed by atoms with Crippen molar-refractivity contribution in [2.24, 2.45) is 0 Å². The van der Waals surface area contributed by atoms with E-state index in [0.717, 1.165) is 21.9 Å². The first kappa shape index (κ1) is 14.2. The first-order chi connectivity index (χ1) is 10.8. The lowest BCUT2D eigenvalue weighted by molar-refractivity contribution is -0.139. The highest BCUT2D eigenvalue weighted by atomic mass is 16.4. The maximum Gasteiger partial charge on any atom is 0.325 e. The number of nitrogens with one attached hydrogen (secondary N) is 1. The number of carboxylic acid groups (broad SMARTS) is 1. The summed E-state index contributed by atoms with van der Waals surface area (Å²) in [5.41, 5.74) is 1.78. The van der Waals surface area contributed by atoms with Crippen LogP contribution in [-0.4, -0.2) is 16.1 Å². The molecule has 1 atom stereocenters. The molecule has 110 valence electrons. The van der Waals surface area contributed by atoms with Crippen LogP contribution in [0.25, 0.3) is 10.8 Å². The van der Waals surface area contributed by atoms with Gasteiger partial charge in [-0.25, -0.2) is 0 Å². The van der Waals surface area contributed by atoms with Gasteiger partial charge < -0.3 is 5.11 Å². The summed E-state index contributed by atoms with van der Waals surface area (Å²) >= 11 is 0. The second kappa shape index (κ2) is 6.37. The molecule has 0 radical (unpaired) electrons. The largest absolute Gasteiger partial charge is 0.480 e. The topological polar surface area (TPSA) is 62.2 Å². The third-order valence-corrected chi connectivity index (χ3v) is 3.64. The molecule has 0 aliphatic heterocycles. The van der Waals surface area contributed by atoms with Gasteiger partial charge in [0.25, 0.3) is 0 Å². The Morgan fingerprint density at radius 2 is 1.77 bits per heavy atom. The number of nitrogens with zero attached hydrogens (tertiary/aromatic N) is 1. The van der Waals surface area contributed by atoms with E-state index in [4.69, 9.17) is 0 Å². The number of hydrogen-bond acceptors (Lipinski definition) is 3. The monoisotopic (exact) mass is 292 g/mol. The van der Waals surface area contributed by atoms with Crippen LogP contribution >= 0.6 is 0 Å². The van der Waals surface area contributed by atoms with Gasteiger partial charge in [0.2, 0.25) is 0 Å². The van der Waals surface area contributed by atoms with Crippen LogP contribution in [0.4, 0.5) is 0 Å². The first-order valence-corrected chi connectivity index (χ1v) is 7.08. The Bertz CT molecular complexity index is 782. The van der Waals surface area contributed by atoms with E-state index in [9.17, 15) is 9.90 Å². The molecule has 3 rings (SSSR count). The van der Waals surface area contributed by atoms with Gasteiger partial charge in [0.15, 0.2) is 0 Å². The van der Waals surface area contributed by atoms with Crippen LogP contribution in [0.5, 0.6) is 0 Å². The van der Waals surface area contributed by atoms with Gasteiger partial charge in [0, 0.05) is 18.9 Å². The zero-order valence-electron chi connectivity index (χ0n) is 11.9. The molecule has 1 heterocycles. The van der Waals surface area contributed by atoms with Gasteiger partial charge in [-0.2, -0.15) is 0 Å². The van der Waals surface area contributed by atoms with Gasteiger partial charge in [-0.1, -0.05) is 42.5 Å². The highest BCUT2D eigenvalue weighted by Gasteiger charge is 2.21. The fourth-order valence-corrected chi connectivity index (χ4v) is 2.55. The Morgan fingerprint density at radius 3 is 2.55 bits per heavy atom. The third kappa shape index (κ3) is 2.97. The van der Waals surface area contributed by atoms with Crippen LogP contribution in [0.3, 0.4) is 0 Å². The first-order valence-electron chi connectivity index (χ1n) is 7.08. The lowest BCUT2D eigenvalue weighted by atomic mass is 9.98. The summed E-state index contributed by atoms with van der Waals surface area (Å²) in [4.78, 5) is 15.7. The van der Waals surface area contributed by atoms with E-state index < -0.39 is 12.0 Å². The summed E-state index contributed by atoms with van der Waals surface area (Å²) in [7, 11) is 0. The summed E-state index contributed by atoms with van der Waals surface area (Å²) in [6.07, 6.45) is 3.40. The van der Waals surface area contributed by atoms with E-state index in [1.807, 2.05) is 54.6 Å². The number of hydrogen-bond donors (Lipinski definition) is 2. The van der Waals surface area contributed by atoms with E-state index in [0.29, 0.717) is 6.54 Å². The molecular formula is C18H16N2O2. The van der Waals surface area contributed by atoms with Gasteiger partial charge in [-0.15, -0.1) is 0 Å². The van der Waals surface area contributed by atoms with Gasteiger partial charge in [0.05, 0.1) is 0 Å². The lowest BCUT2D eigenvalue weighted by Crippen LogP contribution is -2.28. The zero-order valence-corrected chi connectivity index (χ0v) is 11.9. The molecule has 0 saturated carbocycles. The van der Waals surface area contributed by atoms with Gasteiger partial charge in [-0.05, 0) is 34.0 Å². The Labute approximate surface area is 128 Å². The molecule has 3 aromatic rings. The summed E-state index contributed by atoms with van der Waals surface area (Å²) in [5, 5.41) is 14.7. The molecule has 0 aliphatic rings. The zero-order chi connectivity index (χ0) is 15.4. The summed E-state index contributed by atoms with van der Waals surface area (Å²) in [6.45, 7) is 0.475. The predicted octanol–water partition coefficient (Wildman–Crippen LogP) is 3.15. The molecule has 4 nitrogen and oxygen atoms in total. The minimum Gasteiger partial charge on any atom is -0.480 e. The van der Waals surface area contributed by atoms with Crippen LogP contribution in [0.1, 0.15) is 17.2 Å². The molecule has 0 saturated heterocycles. The molecule has 2 aromatic carbocycles. The highest BCUT2D eigenvalue weighted by Crippen LogP contribution is 2.24. The number of carbonyl (C=O) groups is 1.